The lowest BCUT2D eigenvalue weighted by Gasteiger charge is -2.08. The van der Waals surface area contributed by atoms with Crippen LogP contribution in [0.25, 0.3) is 0 Å². The average Bonchev–Trinajstić information content (AvgIpc) is 2.57. The number of esters is 1. The van der Waals surface area contributed by atoms with E-state index in [-0.39, 0.29) is 29.7 Å². The zero-order valence-corrected chi connectivity index (χ0v) is 16.5. The van der Waals surface area contributed by atoms with Crippen LogP contribution in [0.15, 0.2) is 33.6 Å². The highest BCUT2D eigenvalue weighted by Gasteiger charge is 2.13. The lowest BCUT2D eigenvalue weighted by molar-refractivity contribution is -0.140. The minimum Gasteiger partial charge on any atom is -0.469 e. The highest BCUT2D eigenvalue weighted by atomic mass is 79.9. The Hall–Kier alpha value is -1.45. The third kappa shape index (κ3) is 8.99. The molecule has 0 aromatic heterocycles. The molecule has 0 atom stereocenters. The number of unbranched alkanes of at least 4 members (excludes halogenated alkanes) is 2. The van der Waals surface area contributed by atoms with Crippen molar-refractivity contribution in [2.24, 2.45) is 0 Å². The molecule has 1 rings (SSSR count). The number of halogens is 1. The first kappa shape index (κ1) is 21.6. The second-order valence-corrected chi connectivity index (χ2v) is 8.02. The lowest BCUT2D eigenvalue weighted by Crippen LogP contribution is -2.31. The molecule has 0 aliphatic rings. The van der Waals surface area contributed by atoms with Crippen molar-refractivity contribution < 1.29 is 22.7 Å². The Balaban J connectivity index is 2.17. The maximum absolute atomic E-state index is 12.0. The van der Waals surface area contributed by atoms with Gasteiger partial charge in [0.15, 0.2) is 0 Å². The molecule has 0 saturated carbocycles. The number of nitrogens with one attached hydrogen (secondary N) is 2. The summed E-state index contributed by atoms with van der Waals surface area (Å²) in [6.45, 7) is 0.534. The lowest BCUT2D eigenvalue weighted by atomic mass is 10.2. The topological polar surface area (TPSA) is 102 Å². The van der Waals surface area contributed by atoms with E-state index in [1.54, 1.807) is 12.1 Å². The van der Waals surface area contributed by atoms with Gasteiger partial charge in [-0.2, -0.15) is 0 Å². The van der Waals surface area contributed by atoms with Crippen molar-refractivity contribution in [2.75, 3.05) is 20.2 Å². The third-order valence-corrected chi connectivity index (χ3v) is 5.38. The first-order chi connectivity index (χ1) is 11.8. The molecule has 25 heavy (non-hydrogen) atoms. The average molecular weight is 435 g/mol. The molecule has 140 valence electrons. The van der Waals surface area contributed by atoms with E-state index >= 15 is 0 Å². The maximum Gasteiger partial charge on any atom is 0.305 e. The molecule has 0 aliphatic heterocycles. The molecule has 0 aliphatic carbocycles. The van der Waals surface area contributed by atoms with E-state index in [1.807, 2.05) is 0 Å². The molecular weight excluding hydrogens is 412 g/mol. The number of methoxy groups -OCH3 is 1. The normalized spacial score (nSPS) is 11.1. The van der Waals surface area contributed by atoms with E-state index in [4.69, 9.17) is 0 Å². The SMILES string of the molecule is COC(=O)CCCCCNC(=O)CCNS(=O)(=O)c1ccc(Br)cc1. The molecule has 0 heterocycles. The van der Waals surface area contributed by atoms with Crippen LogP contribution in [0.4, 0.5) is 0 Å². The summed E-state index contributed by atoms with van der Waals surface area (Å²) in [5.41, 5.74) is 0. The molecule has 9 heteroatoms. The summed E-state index contributed by atoms with van der Waals surface area (Å²) in [6.07, 6.45) is 2.73. The second kappa shape index (κ2) is 11.2. The predicted octanol–water partition coefficient (Wildman–Crippen LogP) is 1.97. The standard InChI is InChI=1S/C16H23BrN2O5S/c1-24-16(21)5-3-2-4-11-18-15(20)10-12-19-25(22,23)14-8-6-13(17)7-9-14/h6-9,19H,2-5,10-12H2,1H3,(H,18,20). The van der Waals surface area contributed by atoms with Gasteiger partial charge in [0.25, 0.3) is 0 Å². The largest absolute Gasteiger partial charge is 0.469 e. The number of rotatable bonds is 11. The number of hydrogen-bond acceptors (Lipinski definition) is 5. The van der Waals surface area contributed by atoms with Crippen LogP contribution in [-0.4, -0.2) is 40.5 Å². The third-order valence-electron chi connectivity index (χ3n) is 3.38. The van der Waals surface area contributed by atoms with Gasteiger partial charge < -0.3 is 10.1 Å². The van der Waals surface area contributed by atoms with Crippen LogP contribution in [0.1, 0.15) is 32.1 Å². The molecule has 0 bridgehead atoms. The van der Waals surface area contributed by atoms with Crippen LogP contribution in [0, 0.1) is 0 Å². The molecule has 0 saturated heterocycles. The van der Waals surface area contributed by atoms with Crippen molar-refractivity contribution in [3.05, 3.63) is 28.7 Å². The number of benzene rings is 1. The van der Waals surface area contributed by atoms with Gasteiger partial charge in [-0.3, -0.25) is 9.59 Å². The predicted molar refractivity (Wildman–Crippen MR) is 97.4 cm³/mol. The fraction of sp³-hybridized carbons (Fsp3) is 0.500. The highest BCUT2D eigenvalue weighted by Crippen LogP contribution is 2.14. The molecular formula is C16H23BrN2O5S. The minimum absolute atomic E-state index is 0.0343. The molecule has 2 N–H and O–H groups in total. The zero-order chi connectivity index (χ0) is 18.7. The summed E-state index contributed by atoms with van der Waals surface area (Å²) in [5.74, 6) is -0.450. The summed E-state index contributed by atoms with van der Waals surface area (Å²) in [7, 11) is -2.26. The number of carbonyl (C=O) groups is 2. The number of sulfonamides is 1. The Morgan fingerprint density at radius 1 is 1.04 bits per heavy atom. The van der Waals surface area contributed by atoms with Crippen molar-refractivity contribution in [1.82, 2.24) is 10.0 Å². The summed E-state index contributed by atoms with van der Waals surface area (Å²) in [4.78, 5) is 22.7. The van der Waals surface area contributed by atoms with E-state index in [9.17, 15) is 18.0 Å². The number of carbonyl (C=O) groups excluding carboxylic acids is 2. The molecule has 7 nitrogen and oxygen atoms in total. The maximum atomic E-state index is 12.0. The van der Waals surface area contributed by atoms with Crippen LogP contribution in [-0.2, 0) is 24.3 Å². The quantitative estimate of drug-likeness (QED) is 0.409. The van der Waals surface area contributed by atoms with Gasteiger partial charge in [-0.1, -0.05) is 22.4 Å². The second-order valence-electron chi connectivity index (χ2n) is 5.34. The van der Waals surface area contributed by atoms with E-state index in [2.05, 4.69) is 30.7 Å². The summed E-state index contributed by atoms with van der Waals surface area (Å²) >= 11 is 3.24. The molecule has 1 aromatic rings. The van der Waals surface area contributed by atoms with Gasteiger partial charge in [-0.15, -0.1) is 0 Å². The van der Waals surface area contributed by atoms with Gasteiger partial charge in [0.2, 0.25) is 15.9 Å². The highest BCUT2D eigenvalue weighted by molar-refractivity contribution is 9.10. The van der Waals surface area contributed by atoms with Crippen molar-refractivity contribution in [3.63, 3.8) is 0 Å². The van der Waals surface area contributed by atoms with Crippen molar-refractivity contribution in [1.29, 1.82) is 0 Å². The monoisotopic (exact) mass is 434 g/mol. The Morgan fingerprint density at radius 2 is 1.72 bits per heavy atom. The smallest absolute Gasteiger partial charge is 0.305 e. The van der Waals surface area contributed by atoms with Gasteiger partial charge in [0.05, 0.1) is 12.0 Å². The first-order valence-electron chi connectivity index (χ1n) is 7.94. The molecule has 1 aromatic carbocycles. The molecule has 0 radical (unpaired) electrons. The van der Waals surface area contributed by atoms with E-state index < -0.39 is 10.0 Å². The van der Waals surface area contributed by atoms with Crippen LogP contribution in [0.2, 0.25) is 0 Å². The Morgan fingerprint density at radius 3 is 2.36 bits per heavy atom. The van der Waals surface area contributed by atoms with Crippen molar-refractivity contribution in [3.8, 4) is 0 Å². The van der Waals surface area contributed by atoms with Gasteiger partial charge in [-0.05, 0) is 37.1 Å². The molecule has 1 amide bonds. The summed E-state index contributed by atoms with van der Waals surface area (Å²) < 4.78 is 31.8. The van der Waals surface area contributed by atoms with Gasteiger partial charge >= 0.3 is 5.97 Å². The van der Waals surface area contributed by atoms with Gasteiger partial charge in [-0.25, -0.2) is 13.1 Å². The summed E-state index contributed by atoms with van der Waals surface area (Å²) in [6, 6.07) is 6.25. The zero-order valence-electron chi connectivity index (χ0n) is 14.1. The van der Waals surface area contributed by atoms with Crippen LogP contribution < -0.4 is 10.0 Å². The van der Waals surface area contributed by atoms with Crippen molar-refractivity contribution in [2.45, 2.75) is 37.0 Å². The number of amides is 1. The van der Waals surface area contributed by atoms with E-state index in [1.165, 1.54) is 19.2 Å². The minimum atomic E-state index is -3.61. The van der Waals surface area contributed by atoms with E-state index in [0.717, 1.165) is 23.7 Å². The summed E-state index contributed by atoms with van der Waals surface area (Å²) in [5, 5.41) is 2.72. The fourth-order valence-corrected chi connectivity index (χ4v) is 3.28. The van der Waals surface area contributed by atoms with Crippen molar-refractivity contribution >= 4 is 37.8 Å². The Labute approximate surface area is 156 Å². The van der Waals surface area contributed by atoms with Gasteiger partial charge in [0, 0.05) is 30.4 Å². The molecule has 0 spiro atoms. The fourth-order valence-electron chi connectivity index (χ4n) is 1.99. The number of ether oxygens (including phenoxy) is 1. The van der Waals surface area contributed by atoms with Crippen LogP contribution >= 0.6 is 15.9 Å². The van der Waals surface area contributed by atoms with E-state index in [0.29, 0.717) is 13.0 Å². The van der Waals surface area contributed by atoms with Crippen LogP contribution in [0.5, 0.6) is 0 Å². The van der Waals surface area contributed by atoms with Gasteiger partial charge in [0.1, 0.15) is 0 Å². The number of hydrogen-bond donors (Lipinski definition) is 2. The van der Waals surface area contributed by atoms with Crippen LogP contribution in [0.3, 0.4) is 0 Å². The Kier molecular flexibility index (Phi) is 9.69. The molecule has 0 fully saturated rings. The first-order valence-corrected chi connectivity index (χ1v) is 10.2. The Bertz CT molecular complexity index is 662. The molecule has 0 unspecified atom stereocenters.